The van der Waals surface area contributed by atoms with Gasteiger partial charge < -0.3 is 15.1 Å². The standard InChI is InChI=1S/C16H27N3/c1-18-12-6-10-16(14-18)19(2)13-7-11-17-15-8-4-3-5-9-15/h3-5,8-9,16-17H,6-7,10-14H2,1-2H3. The molecule has 1 heterocycles. The zero-order valence-corrected chi connectivity index (χ0v) is 12.3. The van der Waals surface area contributed by atoms with Crippen molar-refractivity contribution in [2.24, 2.45) is 0 Å². The molecule has 1 aromatic carbocycles. The molecule has 0 radical (unpaired) electrons. The Bertz CT molecular complexity index is 352. The first-order chi connectivity index (χ1) is 9.25. The van der Waals surface area contributed by atoms with E-state index in [1.807, 2.05) is 0 Å². The molecule has 1 saturated heterocycles. The average molecular weight is 261 g/mol. The number of nitrogens with zero attached hydrogens (tertiary/aromatic N) is 2. The molecule has 2 rings (SSSR count). The molecule has 0 spiro atoms. The van der Waals surface area contributed by atoms with Gasteiger partial charge in [-0.2, -0.15) is 0 Å². The van der Waals surface area contributed by atoms with Crippen LogP contribution in [-0.2, 0) is 0 Å². The smallest absolute Gasteiger partial charge is 0.0340 e. The second-order valence-corrected chi connectivity index (χ2v) is 5.69. The molecular weight excluding hydrogens is 234 g/mol. The third-order valence-corrected chi connectivity index (χ3v) is 4.01. The van der Waals surface area contributed by atoms with Gasteiger partial charge in [0.25, 0.3) is 0 Å². The lowest BCUT2D eigenvalue weighted by molar-refractivity contribution is 0.134. The molecule has 3 nitrogen and oxygen atoms in total. The van der Waals surface area contributed by atoms with Gasteiger partial charge >= 0.3 is 0 Å². The fourth-order valence-corrected chi connectivity index (χ4v) is 2.80. The van der Waals surface area contributed by atoms with Crippen LogP contribution in [0, 0.1) is 0 Å². The molecule has 1 unspecified atom stereocenters. The summed E-state index contributed by atoms with van der Waals surface area (Å²) in [6.45, 7) is 4.72. The van der Waals surface area contributed by atoms with Crippen LogP contribution in [0.4, 0.5) is 5.69 Å². The number of likely N-dealkylation sites (tertiary alicyclic amines) is 1. The summed E-state index contributed by atoms with van der Waals surface area (Å²) in [7, 11) is 4.50. The highest BCUT2D eigenvalue weighted by Gasteiger charge is 2.20. The van der Waals surface area contributed by atoms with E-state index in [-0.39, 0.29) is 0 Å². The second-order valence-electron chi connectivity index (χ2n) is 5.69. The van der Waals surface area contributed by atoms with Crippen molar-refractivity contribution in [2.75, 3.05) is 45.6 Å². The van der Waals surface area contributed by atoms with Crippen molar-refractivity contribution in [2.45, 2.75) is 25.3 Å². The Morgan fingerprint density at radius 3 is 2.84 bits per heavy atom. The highest BCUT2D eigenvalue weighted by Crippen LogP contribution is 2.13. The zero-order valence-electron chi connectivity index (χ0n) is 12.3. The fourth-order valence-electron chi connectivity index (χ4n) is 2.80. The number of rotatable bonds is 6. The number of anilines is 1. The lowest BCUT2D eigenvalue weighted by Gasteiger charge is -2.35. The van der Waals surface area contributed by atoms with Gasteiger partial charge in [-0.15, -0.1) is 0 Å². The van der Waals surface area contributed by atoms with E-state index < -0.39 is 0 Å². The van der Waals surface area contributed by atoms with Crippen LogP contribution in [0.5, 0.6) is 0 Å². The molecule has 0 saturated carbocycles. The number of para-hydroxylation sites is 1. The third-order valence-electron chi connectivity index (χ3n) is 4.01. The molecule has 19 heavy (non-hydrogen) atoms. The molecule has 0 amide bonds. The first-order valence-corrected chi connectivity index (χ1v) is 7.43. The van der Waals surface area contributed by atoms with Crippen molar-refractivity contribution in [1.82, 2.24) is 9.80 Å². The molecule has 1 atom stereocenters. The van der Waals surface area contributed by atoms with Crippen LogP contribution in [0.3, 0.4) is 0 Å². The summed E-state index contributed by atoms with van der Waals surface area (Å²) in [5, 5.41) is 3.47. The molecule has 1 aromatic rings. The van der Waals surface area contributed by atoms with E-state index in [0.717, 1.165) is 12.6 Å². The Labute approximate surface area is 117 Å². The minimum Gasteiger partial charge on any atom is -0.385 e. The van der Waals surface area contributed by atoms with Gasteiger partial charge in [0.1, 0.15) is 0 Å². The predicted octanol–water partition coefficient (Wildman–Crippen LogP) is 2.51. The number of hydrogen-bond donors (Lipinski definition) is 1. The average Bonchev–Trinajstić information content (AvgIpc) is 2.44. The van der Waals surface area contributed by atoms with Gasteiger partial charge in [-0.25, -0.2) is 0 Å². The fraction of sp³-hybridized carbons (Fsp3) is 0.625. The Morgan fingerprint density at radius 2 is 2.11 bits per heavy atom. The van der Waals surface area contributed by atoms with Crippen molar-refractivity contribution in [3.63, 3.8) is 0 Å². The molecule has 106 valence electrons. The van der Waals surface area contributed by atoms with E-state index in [4.69, 9.17) is 0 Å². The lowest BCUT2D eigenvalue weighted by Crippen LogP contribution is -2.45. The Hall–Kier alpha value is -1.06. The van der Waals surface area contributed by atoms with E-state index in [2.05, 4.69) is 59.5 Å². The molecule has 0 aliphatic carbocycles. The van der Waals surface area contributed by atoms with E-state index in [9.17, 15) is 0 Å². The lowest BCUT2D eigenvalue weighted by atomic mass is 10.1. The highest BCUT2D eigenvalue weighted by atomic mass is 15.2. The van der Waals surface area contributed by atoms with Gasteiger partial charge in [-0.05, 0) is 58.6 Å². The minimum atomic E-state index is 0.746. The summed E-state index contributed by atoms with van der Waals surface area (Å²) >= 11 is 0. The Balaban J connectivity index is 1.62. The molecule has 0 bridgehead atoms. The molecule has 1 aliphatic heterocycles. The predicted molar refractivity (Wildman–Crippen MR) is 82.7 cm³/mol. The van der Waals surface area contributed by atoms with Crippen molar-refractivity contribution >= 4 is 5.69 Å². The normalized spacial score (nSPS) is 20.7. The van der Waals surface area contributed by atoms with Gasteiger partial charge in [0, 0.05) is 24.8 Å². The maximum atomic E-state index is 3.47. The van der Waals surface area contributed by atoms with Crippen LogP contribution >= 0.6 is 0 Å². The van der Waals surface area contributed by atoms with Crippen LogP contribution in [0.15, 0.2) is 30.3 Å². The van der Waals surface area contributed by atoms with Crippen molar-refractivity contribution in [3.8, 4) is 0 Å². The molecule has 1 fully saturated rings. The summed E-state index contributed by atoms with van der Waals surface area (Å²) in [5.74, 6) is 0. The number of hydrogen-bond acceptors (Lipinski definition) is 3. The zero-order chi connectivity index (χ0) is 13.5. The maximum absolute atomic E-state index is 3.47. The van der Waals surface area contributed by atoms with Crippen LogP contribution in [0.2, 0.25) is 0 Å². The first-order valence-electron chi connectivity index (χ1n) is 7.43. The SMILES string of the molecule is CN1CCCC(N(C)CCCNc2ccccc2)C1. The van der Waals surface area contributed by atoms with Gasteiger partial charge in [0.2, 0.25) is 0 Å². The van der Waals surface area contributed by atoms with Crippen molar-refractivity contribution < 1.29 is 0 Å². The van der Waals surface area contributed by atoms with Crippen molar-refractivity contribution in [1.29, 1.82) is 0 Å². The van der Waals surface area contributed by atoms with Crippen molar-refractivity contribution in [3.05, 3.63) is 30.3 Å². The van der Waals surface area contributed by atoms with Crippen LogP contribution in [0.1, 0.15) is 19.3 Å². The Kier molecular flexibility index (Phi) is 5.67. The summed E-state index contributed by atoms with van der Waals surface area (Å²) in [5.41, 5.74) is 1.22. The molecule has 1 N–H and O–H groups in total. The minimum absolute atomic E-state index is 0.746. The monoisotopic (exact) mass is 261 g/mol. The number of nitrogens with one attached hydrogen (secondary N) is 1. The highest BCUT2D eigenvalue weighted by molar-refractivity contribution is 5.42. The molecule has 3 heteroatoms. The van der Waals surface area contributed by atoms with Crippen LogP contribution < -0.4 is 5.32 Å². The first kappa shape index (κ1) is 14.4. The van der Waals surface area contributed by atoms with Crippen LogP contribution in [0.25, 0.3) is 0 Å². The van der Waals surface area contributed by atoms with E-state index in [0.29, 0.717) is 0 Å². The number of benzene rings is 1. The quantitative estimate of drug-likeness (QED) is 0.794. The van der Waals surface area contributed by atoms with E-state index in [1.165, 1.54) is 44.6 Å². The van der Waals surface area contributed by atoms with Gasteiger partial charge in [-0.3, -0.25) is 0 Å². The summed E-state index contributed by atoms with van der Waals surface area (Å²) in [6.07, 6.45) is 3.90. The van der Waals surface area contributed by atoms with E-state index >= 15 is 0 Å². The molecule has 0 aromatic heterocycles. The third kappa shape index (κ3) is 4.84. The number of likely N-dealkylation sites (N-methyl/N-ethyl adjacent to an activating group) is 2. The van der Waals surface area contributed by atoms with Gasteiger partial charge in [0.15, 0.2) is 0 Å². The second kappa shape index (κ2) is 7.51. The number of piperidine rings is 1. The Morgan fingerprint density at radius 1 is 1.32 bits per heavy atom. The van der Waals surface area contributed by atoms with E-state index in [1.54, 1.807) is 0 Å². The van der Waals surface area contributed by atoms with Gasteiger partial charge in [0.05, 0.1) is 0 Å². The topological polar surface area (TPSA) is 18.5 Å². The van der Waals surface area contributed by atoms with Gasteiger partial charge in [-0.1, -0.05) is 18.2 Å². The molecular formula is C16H27N3. The maximum Gasteiger partial charge on any atom is 0.0340 e. The summed E-state index contributed by atoms with van der Waals surface area (Å²) in [6, 6.07) is 11.2. The summed E-state index contributed by atoms with van der Waals surface area (Å²) in [4.78, 5) is 4.98. The largest absolute Gasteiger partial charge is 0.385 e. The van der Waals surface area contributed by atoms with Crippen LogP contribution in [-0.4, -0.2) is 56.1 Å². The summed E-state index contributed by atoms with van der Waals surface area (Å²) < 4.78 is 0. The molecule has 1 aliphatic rings.